The third kappa shape index (κ3) is 4.32. The van der Waals surface area contributed by atoms with E-state index in [-0.39, 0.29) is 12.5 Å². The minimum absolute atomic E-state index is 0.0703. The molecule has 1 aliphatic carbocycles. The third-order valence-corrected chi connectivity index (χ3v) is 5.32. The van der Waals surface area contributed by atoms with Gasteiger partial charge in [-0.3, -0.25) is 4.79 Å². The van der Waals surface area contributed by atoms with Crippen LogP contribution in [-0.4, -0.2) is 17.6 Å². The highest BCUT2D eigenvalue weighted by Crippen LogP contribution is 2.30. The van der Waals surface area contributed by atoms with Crippen molar-refractivity contribution in [1.82, 2.24) is 5.32 Å². The molecule has 1 aromatic heterocycles. The van der Waals surface area contributed by atoms with Crippen molar-refractivity contribution in [1.29, 1.82) is 0 Å². The second-order valence-corrected chi connectivity index (χ2v) is 7.32. The van der Waals surface area contributed by atoms with Crippen LogP contribution in [0.1, 0.15) is 50.8 Å². The highest BCUT2D eigenvalue weighted by Gasteiger charge is 2.26. The van der Waals surface area contributed by atoms with Crippen LogP contribution in [0.25, 0.3) is 0 Å². The summed E-state index contributed by atoms with van der Waals surface area (Å²) >= 11 is 1.52. The molecular formula is C16H25NO2S. The van der Waals surface area contributed by atoms with E-state index in [1.54, 1.807) is 6.92 Å². The van der Waals surface area contributed by atoms with Crippen LogP contribution in [0.15, 0.2) is 17.5 Å². The van der Waals surface area contributed by atoms with Gasteiger partial charge in [-0.2, -0.15) is 0 Å². The SMILES string of the molecule is CC1CCCC(CC(=O)NCC(C)(O)c2cccs2)C1. The summed E-state index contributed by atoms with van der Waals surface area (Å²) in [6.07, 6.45) is 5.47. The Morgan fingerprint density at radius 3 is 3.00 bits per heavy atom. The van der Waals surface area contributed by atoms with Crippen molar-refractivity contribution >= 4 is 17.2 Å². The van der Waals surface area contributed by atoms with Crippen LogP contribution in [0.5, 0.6) is 0 Å². The van der Waals surface area contributed by atoms with E-state index in [0.29, 0.717) is 12.3 Å². The average molecular weight is 295 g/mol. The first kappa shape index (κ1) is 15.5. The van der Waals surface area contributed by atoms with Gasteiger partial charge < -0.3 is 10.4 Å². The lowest BCUT2D eigenvalue weighted by Crippen LogP contribution is -2.38. The molecule has 20 heavy (non-hydrogen) atoms. The molecule has 4 heteroatoms. The maximum absolute atomic E-state index is 12.0. The molecule has 1 saturated carbocycles. The number of amides is 1. The van der Waals surface area contributed by atoms with Gasteiger partial charge in [-0.1, -0.05) is 25.8 Å². The fraction of sp³-hybridized carbons (Fsp3) is 0.688. The summed E-state index contributed by atoms with van der Waals surface area (Å²) in [4.78, 5) is 12.9. The van der Waals surface area contributed by atoms with Crippen molar-refractivity contribution in [3.05, 3.63) is 22.4 Å². The van der Waals surface area contributed by atoms with E-state index in [2.05, 4.69) is 12.2 Å². The topological polar surface area (TPSA) is 49.3 Å². The van der Waals surface area contributed by atoms with Crippen molar-refractivity contribution in [2.45, 2.75) is 51.6 Å². The summed E-state index contributed by atoms with van der Waals surface area (Å²) in [5.74, 6) is 1.34. The fourth-order valence-electron chi connectivity index (χ4n) is 3.02. The van der Waals surface area contributed by atoms with E-state index in [9.17, 15) is 9.90 Å². The lowest BCUT2D eigenvalue weighted by atomic mass is 9.81. The largest absolute Gasteiger partial charge is 0.383 e. The van der Waals surface area contributed by atoms with Crippen molar-refractivity contribution in [3.63, 3.8) is 0 Å². The lowest BCUT2D eigenvalue weighted by molar-refractivity contribution is -0.123. The standard InChI is InChI=1S/C16H25NO2S/c1-12-5-3-6-13(9-12)10-15(18)17-11-16(2,19)14-7-4-8-20-14/h4,7-8,12-13,19H,3,5-6,9-11H2,1-2H3,(H,17,18). The summed E-state index contributed by atoms with van der Waals surface area (Å²) in [5.41, 5.74) is -0.969. The van der Waals surface area contributed by atoms with Crippen LogP contribution in [0.4, 0.5) is 0 Å². The third-order valence-electron chi connectivity index (χ3n) is 4.20. The molecule has 1 fully saturated rings. The van der Waals surface area contributed by atoms with E-state index >= 15 is 0 Å². The molecule has 0 radical (unpaired) electrons. The molecule has 1 amide bonds. The maximum Gasteiger partial charge on any atom is 0.220 e. The quantitative estimate of drug-likeness (QED) is 0.875. The van der Waals surface area contributed by atoms with Crippen LogP contribution in [0.2, 0.25) is 0 Å². The second kappa shape index (κ2) is 6.72. The van der Waals surface area contributed by atoms with Gasteiger partial charge in [0.15, 0.2) is 0 Å². The Bertz CT molecular complexity index is 428. The summed E-state index contributed by atoms with van der Waals surface area (Å²) in [6.45, 7) is 4.31. The van der Waals surface area contributed by atoms with E-state index in [1.165, 1.54) is 30.6 Å². The molecule has 2 N–H and O–H groups in total. The van der Waals surface area contributed by atoms with E-state index in [0.717, 1.165) is 17.2 Å². The molecule has 1 aliphatic rings. The Kier molecular flexibility index (Phi) is 5.22. The Morgan fingerprint density at radius 2 is 2.35 bits per heavy atom. The van der Waals surface area contributed by atoms with Crippen molar-refractivity contribution in [2.75, 3.05) is 6.54 Å². The van der Waals surface area contributed by atoms with Gasteiger partial charge in [0.05, 0.1) is 6.54 Å². The van der Waals surface area contributed by atoms with E-state index in [1.807, 2.05) is 17.5 Å². The van der Waals surface area contributed by atoms with Gasteiger partial charge in [-0.05, 0) is 43.0 Å². The predicted octanol–water partition coefficient (Wildman–Crippen LogP) is 3.29. The van der Waals surface area contributed by atoms with Crippen LogP contribution >= 0.6 is 11.3 Å². The van der Waals surface area contributed by atoms with Gasteiger partial charge in [0.1, 0.15) is 5.60 Å². The highest BCUT2D eigenvalue weighted by molar-refractivity contribution is 7.10. The molecular weight excluding hydrogens is 270 g/mol. The van der Waals surface area contributed by atoms with Crippen LogP contribution in [-0.2, 0) is 10.4 Å². The Morgan fingerprint density at radius 1 is 1.55 bits per heavy atom. The van der Waals surface area contributed by atoms with Gasteiger partial charge in [-0.25, -0.2) is 0 Å². The van der Waals surface area contributed by atoms with Gasteiger partial charge >= 0.3 is 0 Å². The maximum atomic E-state index is 12.0. The molecule has 1 heterocycles. The fourth-order valence-corrected chi connectivity index (χ4v) is 3.81. The number of hydrogen-bond acceptors (Lipinski definition) is 3. The van der Waals surface area contributed by atoms with Crippen LogP contribution in [0, 0.1) is 11.8 Å². The number of nitrogens with one attached hydrogen (secondary N) is 1. The zero-order valence-electron chi connectivity index (χ0n) is 12.4. The molecule has 0 spiro atoms. The first-order valence-electron chi connectivity index (χ1n) is 7.50. The zero-order valence-corrected chi connectivity index (χ0v) is 13.2. The van der Waals surface area contributed by atoms with Gasteiger partial charge in [0, 0.05) is 11.3 Å². The summed E-state index contributed by atoms with van der Waals surface area (Å²) in [5, 5.41) is 15.2. The molecule has 3 nitrogen and oxygen atoms in total. The molecule has 112 valence electrons. The number of rotatable bonds is 5. The molecule has 3 unspecified atom stereocenters. The number of carbonyl (C=O) groups excluding carboxylic acids is 1. The molecule has 0 aliphatic heterocycles. The molecule has 0 aromatic carbocycles. The number of hydrogen-bond donors (Lipinski definition) is 2. The normalized spacial score (nSPS) is 25.9. The molecule has 2 rings (SSSR count). The van der Waals surface area contributed by atoms with Crippen molar-refractivity contribution < 1.29 is 9.90 Å². The van der Waals surface area contributed by atoms with Gasteiger partial charge in [0.2, 0.25) is 5.91 Å². The van der Waals surface area contributed by atoms with Crippen LogP contribution in [0.3, 0.4) is 0 Å². The predicted molar refractivity (Wildman–Crippen MR) is 82.6 cm³/mol. The zero-order chi connectivity index (χ0) is 14.6. The Labute approximate surface area is 125 Å². The van der Waals surface area contributed by atoms with Gasteiger partial charge in [-0.15, -0.1) is 11.3 Å². The summed E-state index contributed by atoms with van der Waals surface area (Å²) < 4.78 is 0. The first-order valence-corrected chi connectivity index (χ1v) is 8.38. The Hall–Kier alpha value is -0.870. The van der Waals surface area contributed by atoms with E-state index in [4.69, 9.17) is 0 Å². The first-order chi connectivity index (χ1) is 9.47. The smallest absolute Gasteiger partial charge is 0.220 e. The molecule has 3 atom stereocenters. The minimum Gasteiger partial charge on any atom is -0.383 e. The number of aliphatic hydroxyl groups is 1. The number of thiophene rings is 1. The summed E-state index contributed by atoms with van der Waals surface area (Å²) in [6, 6.07) is 3.82. The van der Waals surface area contributed by atoms with E-state index < -0.39 is 5.60 Å². The second-order valence-electron chi connectivity index (χ2n) is 6.37. The lowest BCUT2D eigenvalue weighted by Gasteiger charge is -2.27. The van der Waals surface area contributed by atoms with Crippen molar-refractivity contribution in [2.24, 2.45) is 11.8 Å². The number of carbonyl (C=O) groups is 1. The van der Waals surface area contributed by atoms with Gasteiger partial charge in [0.25, 0.3) is 0 Å². The Balaban J connectivity index is 1.77. The highest BCUT2D eigenvalue weighted by atomic mass is 32.1. The molecule has 0 bridgehead atoms. The minimum atomic E-state index is -0.969. The summed E-state index contributed by atoms with van der Waals surface area (Å²) in [7, 11) is 0. The monoisotopic (exact) mass is 295 g/mol. The van der Waals surface area contributed by atoms with Crippen molar-refractivity contribution in [3.8, 4) is 0 Å². The molecule has 1 aromatic rings. The van der Waals surface area contributed by atoms with Crippen LogP contribution < -0.4 is 5.32 Å². The average Bonchev–Trinajstić information content (AvgIpc) is 2.91. The molecule has 0 saturated heterocycles.